The van der Waals surface area contributed by atoms with E-state index < -0.39 is 5.92 Å². The summed E-state index contributed by atoms with van der Waals surface area (Å²) in [6.07, 6.45) is 2.33. The number of phenolic OH excluding ortho intramolecular Hbond substituents is 1. The molecule has 0 unspecified atom stereocenters. The van der Waals surface area contributed by atoms with Gasteiger partial charge in [0.25, 0.3) is 0 Å². The Bertz CT molecular complexity index is 845. The number of hydrogen-bond donors (Lipinski definition) is 2. The van der Waals surface area contributed by atoms with Crippen LogP contribution in [-0.2, 0) is 11.2 Å². The molecule has 2 aromatic rings. The average Bonchev–Trinajstić information content (AvgIpc) is 3.14. The number of carbonyl (C=O) groups excluding carboxylic acids is 1. The zero-order valence-corrected chi connectivity index (χ0v) is 14.7. The molecule has 0 saturated carbocycles. The van der Waals surface area contributed by atoms with E-state index in [0.29, 0.717) is 21.2 Å². The van der Waals surface area contributed by atoms with Gasteiger partial charge in [0.05, 0.1) is 17.1 Å². The van der Waals surface area contributed by atoms with Crippen LogP contribution in [0, 0.1) is 5.41 Å². The van der Waals surface area contributed by atoms with Crippen LogP contribution >= 0.6 is 23.1 Å². The number of benzene rings is 1. The lowest BCUT2D eigenvalue weighted by atomic mass is 10.0. The number of ether oxygens (including phenoxy) is 1. The number of nitrogens with one attached hydrogen (secondary N) is 1. The monoisotopic (exact) mass is 361 g/mol. The van der Waals surface area contributed by atoms with E-state index in [0.717, 1.165) is 23.2 Å². The molecule has 1 aliphatic heterocycles. The number of aryl methyl sites for hydroxylation is 1. The predicted molar refractivity (Wildman–Crippen MR) is 95.0 cm³/mol. The second-order valence-electron chi connectivity index (χ2n) is 5.06. The molecule has 1 aromatic heterocycles. The zero-order chi connectivity index (χ0) is 17.3. The molecule has 0 bridgehead atoms. The first-order valence-corrected chi connectivity index (χ1v) is 8.88. The van der Waals surface area contributed by atoms with E-state index in [9.17, 15) is 9.90 Å². The number of allylic oxidation sites excluding steroid dienone is 1. The van der Waals surface area contributed by atoms with Crippen molar-refractivity contribution in [1.29, 1.82) is 5.41 Å². The van der Waals surface area contributed by atoms with Crippen molar-refractivity contribution in [3.8, 4) is 11.5 Å². The molecule has 0 amide bonds. The Morgan fingerprint density at radius 3 is 2.88 bits per heavy atom. The topological polar surface area (TPSA) is 96.2 Å². The lowest BCUT2D eigenvalue weighted by molar-refractivity contribution is -0.114. The molecular weight excluding hydrogens is 346 g/mol. The number of thioether (sulfide) groups is 1. The highest BCUT2D eigenvalue weighted by molar-refractivity contribution is 8.19. The molecule has 3 rings (SSSR count). The minimum atomic E-state index is -0.688. The maximum absolute atomic E-state index is 12.7. The second-order valence-corrected chi connectivity index (χ2v) is 7.24. The van der Waals surface area contributed by atoms with E-state index in [1.165, 1.54) is 18.4 Å². The van der Waals surface area contributed by atoms with Gasteiger partial charge in [-0.1, -0.05) is 30.8 Å². The Hall–Kier alpha value is -2.19. The van der Waals surface area contributed by atoms with Crippen LogP contribution in [0.25, 0.3) is 6.08 Å². The largest absolute Gasteiger partial charge is 0.504 e. The van der Waals surface area contributed by atoms with Crippen molar-refractivity contribution in [3.63, 3.8) is 0 Å². The Balaban J connectivity index is 1.94. The van der Waals surface area contributed by atoms with Gasteiger partial charge in [0.2, 0.25) is 0 Å². The summed E-state index contributed by atoms with van der Waals surface area (Å²) in [6, 6.07) is 5.06. The lowest BCUT2D eigenvalue weighted by Gasteiger charge is -2.06. The summed E-state index contributed by atoms with van der Waals surface area (Å²) >= 11 is 2.45. The van der Waals surface area contributed by atoms with Crippen LogP contribution in [0.2, 0.25) is 0 Å². The first kappa shape index (κ1) is 16.7. The summed E-state index contributed by atoms with van der Waals surface area (Å²) in [4.78, 5) is 13.1. The molecule has 124 valence electrons. The summed E-state index contributed by atoms with van der Waals surface area (Å²) in [6.45, 7) is 1.97. The van der Waals surface area contributed by atoms with Gasteiger partial charge in [-0.25, -0.2) is 0 Å². The molecule has 2 heterocycles. The van der Waals surface area contributed by atoms with E-state index in [1.807, 2.05) is 6.92 Å². The lowest BCUT2D eigenvalue weighted by Crippen LogP contribution is -2.11. The van der Waals surface area contributed by atoms with Crippen molar-refractivity contribution in [1.82, 2.24) is 10.2 Å². The Labute approximate surface area is 147 Å². The van der Waals surface area contributed by atoms with Crippen molar-refractivity contribution in [3.05, 3.63) is 38.7 Å². The van der Waals surface area contributed by atoms with E-state index in [4.69, 9.17) is 10.1 Å². The average molecular weight is 361 g/mol. The molecular formula is C16H15N3O3S2. The first-order chi connectivity index (χ1) is 11.5. The summed E-state index contributed by atoms with van der Waals surface area (Å²) in [5, 5.41) is 28.0. The highest BCUT2D eigenvalue weighted by Crippen LogP contribution is 2.42. The molecule has 0 spiro atoms. The Morgan fingerprint density at radius 2 is 2.21 bits per heavy atom. The number of carbonyl (C=O) groups is 1. The number of aromatic hydroxyl groups is 1. The van der Waals surface area contributed by atoms with Gasteiger partial charge < -0.3 is 9.84 Å². The fourth-order valence-corrected chi connectivity index (χ4v) is 4.25. The van der Waals surface area contributed by atoms with E-state index in [2.05, 4.69) is 10.2 Å². The van der Waals surface area contributed by atoms with Gasteiger partial charge in [0, 0.05) is 5.56 Å². The minimum Gasteiger partial charge on any atom is -0.504 e. The van der Waals surface area contributed by atoms with Crippen LogP contribution < -0.4 is 4.74 Å². The quantitative estimate of drug-likeness (QED) is 0.812. The summed E-state index contributed by atoms with van der Waals surface area (Å²) in [5.41, 5.74) is 0.477. The third-order valence-corrected chi connectivity index (χ3v) is 5.68. The van der Waals surface area contributed by atoms with Crippen LogP contribution in [0.1, 0.15) is 28.4 Å². The smallest absolute Gasteiger partial charge is 0.186 e. The number of hydrogen-bond acceptors (Lipinski definition) is 8. The summed E-state index contributed by atoms with van der Waals surface area (Å²) in [7, 11) is 1.47. The number of methoxy groups -OCH3 is 1. The van der Waals surface area contributed by atoms with Crippen molar-refractivity contribution in [2.75, 3.05) is 7.11 Å². The Morgan fingerprint density at radius 1 is 1.42 bits per heavy atom. The minimum absolute atomic E-state index is 0.0277. The molecule has 24 heavy (non-hydrogen) atoms. The highest BCUT2D eigenvalue weighted by Gasteiger charge is 2.39. The normalized spacial score (nSPS) is 19.2. The number of Topliss-reactive ketones (excluding diaryl/α,β-unsaturated/α-hetero) is 1. The number of ketones is 1. The van der Waals surface area contributed by atoms with Gasteiger partial charge in [0.1, 0.15) is 15.9 Å². The second kappa shape index (κ2) is 6.74. The van der Waals surface area contributed by atoms with Gasteiger partial charge in [-0.15, -0.1) is 21.5 Å². The van der Waals surface area contributed by atoms with Gasteiger partial charge in [0.15, 0.2) is 17.3 Å². The summed E-state index contributed by atoms with van der Waals surface area (Å²) < 4.78 is 5.07. The molecule has 0 radical (unpaired) electrons. The number of rotatable bonds is 4. The highest BCUT2D eigenvalue weighted by atomic mass is 32.2. The van der Waals surface area contributed by atoms with Crippen LogP contribution in [0.3, 0.4) is 0 Å². The molecule has 1 fully saturated rings. The third-order valence-electron chi connectivity index (χ3n) is 3.56. The van der Waals surface area contributed by atoms with Crippen molar-refractivity contribution in [2.45, 2.75) is 19.3 Å². The molecule has 1 aliphatic rings. The summed E-state index contributed by atoms with van der Waals surface area (Å²) in [5.74, 6) is -0.568. The van der Waals surface area contributed by atoms with Crippen molar-refractivity contribution in [2.24, 2.45) is 0 Å². The molecule has 6 nitrogen and oxygen atoms in total. The van der Waals surface area contributed by atoms with Crippen LogP contribution in [-0.4, -0.2) is 33.2 Å². The number of phenols is 1. The van der Waals surface area contributed by atoms with E-state index >= 15 is 0 Å². The molecule has 1 atom stereocenters. The van der Waals surface area contributed by atoms with Crippen molar-refractivity contribution < 1.29 is 14.6 Å². The molecule has 2 N–H and O–H groups in total. The molecule has 1 aromatic carbocycles. The van der Waals surface area contributed by atoms with Crippen LogP contribution in [0.15, 0.2) is 23.1 Å². The standard InChI is InChI=1S/C16H15N3O3S2/c1-3-11-18-19-16(24-11)12-14(21)10(23-15(12)17)7-8-5-4-6-9(22-2)13(8)20/h4-7,12,17,20H,3H2,1-2H3/b10-7-,17-15?/t12-/m1/s1. The van der Waals surface area contributed by atoms with Gasteiger partial charge in [-0.2, -0.15) is 0 Å². The number of nitrogens with zero attached hydrogens (tertiary/aromatic N) is 2. The SMILES string of the molecule is CCc1nnc([C@H]2C(=N)S/C(=C\c3cccc(OC)c3O)C2=O)s1. The predicted octanol–water partition coefficient (Wildman–Crippen LogP) is 3.23. The number of aromatic nitrogens is 2. The van der Waals surface area contributed by atoms with Crippen LogP contribution in [0.4, 0.5) is 0 Å². The fraction of sp³-hybridized carbons (Fsp3) is 0.250. The zero-order valence-electron chi connectivity index (χ0n) is 13.1. The van der Waals surface area contributed by atoms with Gasteiger partial charge in [-0.05, 0) is 18.6 Å². The maximum Gasteiger partial charge on any atom is 0.186 e. The van der Waals surface area contributed by atoms with E-state index in [1.54, 1.807) is 24.3 Å². The third kappa shape index (κ3) is 2.94. The molecule has 1 saturated heterocycles. The van der Waals surface area contributed by atoms with Gasteiger partial charge >= 0.3 is 0 Å². The van der Waals surface area contributed by atoms with Crippen molar-refractivity contribution >= 4 is 40.0 Å². The maximum atomic E-state index is 12.7. The number of para-hydroxylation sites is 1. The van der Waals surface area contributed by atoms with E-state index in [-0.39, 0.29) is 16.6 Å². The molecule has 8 heteroatoms. The fourth-order valence-electron chi connectivity index (χ4n) is 2.30. The molecule has 0 aliphatic carbocycles. The van der Waals surface area contributed by atoms with Gasteiger partial charge in [-0.3, -0.25) is 10.2 Å². The first-order valence-electron chi connectivity index (χ1n) is 7.25. The Kier molecular flexibility index (Phi) is 4.68. The van der Waals surface area contributed by atoms with Crippen LogP contribution in [0.5, 0.6) is 11.5 Å².